The maximum absolute atomic E-state index is 12.2. The third-order valence-corrected chi connectivity index (χ3v) is 3.63. The Morgan fingerprint density at radius 2 is 2.29 bits per heavy atom. The number of rotatable bonds is 1. The number of benzene rings is 1. The molecule has 1 amide bonds. The van der Waals surface area contributed by atoms with Crippen molar-refractivity contribution >= 4 is 5.91 Å². The summed E-state index contributed by atoms with van der Waals surface area (Å²) in [5.74, 6) is 1.86. The van der Waals surface area contributed by atoms with Crippen LogP contribution in [0.2, 0.25) is 0 Å². The van der Waals surface area contributed by atoms with Crippen molar-refractivity contribution in [2.24, 2.45) is 5.92 Å². The van der Waals surface area contributed by atoms with E-state index in [9.17, 15) is 4.79 Å². The van der Waals surface area contributed by atoms with Crippen LogP contribution in [0.3, 0.4) is 0 Å². The van der Waals surface area contributed by atoms with Gasteiger partial charge in [0.2, 0.25) is 5.91 Å². The van der Waals surface area contributed by atoms with E-state index in [1.54, 1.807) is 12.0 Å². The summed E-state index contributed by atoms with van der Waals surface area (Å²) in [4.78, 5) is 14.0. The van der Waals surface area contributed by atoms with Gasteiger partial charge in [-0.3, -0.25) is 4.79 Å². The molecule has 0 saturated carbocycles. The number of methoxy groups -OCH3 is 1. The highest BCUT2D eigenvalue weighted by Gasteiger charge is 2.45. The van der Waals surface area contributed by atoms with E-state index >= 15 is 0 Å². The standard InChI is InChI=1S/C13H15NO3/c1-14-6-8-7-17-10-5-3-4-9(16-2)12(10)11(8)13(14)15/h3-5,8,11H,6-7H2,1-2H3. The van der Waals surface area contributed by atoms with Gasteiger partial charge in [0.15, 0.2) is 0 Å². The smallest absolute Gasteiger partial charge is 0.230 e. The zero-order valence-corrected chi connectivity index (χ0v) is 9.97. The number of likely N-dealkylation sites (N-methyl/N-ethyl adjacent to an activating group) is 1. The fraction of sp³-hybridized carbons (Fsp3) is 0.462. The normalized spacial score (nSPS) is 26.2. The summed E-state index contributed by atoms with van der Waals surface area (Å²) in [7, 11) is 3.47. The van der Waals surface area contributed by atoms with E-state index in [0.717, 1.165) is 23.6 Å². The molecule has 2 aliphatic heterocycles. The second kappa shape index (κ2) is 3.65. The van der Waals surface area contributed by atoms with Gasteiger partial charge in [0.25, 0.3) is 0 Å². The largest absolute Gasteiger partial charge is 0.496 e. The lowest BCUT2D eigenvalue weighted by molar-refractivity contribution is -0.128. The highest BCUT2D eigenvalue weighted by atomic mass is 16.5. The predicted molar refractivity (Wildman–Crippen MR) is 62.4 cm³/mol. The Morgan fingerprint density at radius 1 is 1.47 bits per heavy atom. The molecule has 2 heterocycles. The van der Waals surface area contributed by atoms with Gasteiger partial charge in [0.05, 0.1) is 19.6 Å². The average Bonchev–Trinajstić information content (AvgIpc) is 2.64. The van der Waals surface area contributed by atoms with Crippen LogP contribution in [0, 0.1) is 5.92 Å². The lowest BCUT2D eigenvalue weighted by atomic mass is 9.86. The summed E-state index contributed by atoms with van der Waals surface area (Å²) in [5.41, 5.74) is 0.917. The van der Waals surface area contributed by atoms with Crippen LogP contribution in [0.5, 0.6) is 11.5 Å². The molecule has 4 heteroatoms. The number of amides is 1. The highest BCUT2D eigenvalue weighted by Crippen LogP contribution is 2.46. The monoisotopic (exact) mass is 233 g/mol. The maximum Gasteiger partial charge on any atom is 0.230 e. The minimum atomic E-state index is -0.0973. The van der Waals surface area contributed by atoms with Gasteiger partial charge in [-0.15, -0.1) is 0 Å². The van der Waals surface area contributed by atoms with E-state index in [4.69, 9.17) is 9.47 Å². The molecule has 4 nitrogen and oxygen atoms in total. The lowest BCUT2D eigenvalue weighted by Gasteiger charge is -2.27. The van der Waals surface area contributed by atoms with Gasteiger partial charge in [-0.25, -0.2) is 0 Å². The van der Waals surface area contributed by atoms with E-state index in [1.807, 2.05) is 25.2 Å². The topological polar surface area (TPSA) is 38.8 Å². The van der Waals surface area contributed by atoms with Gasteiger partial charge in [-0.1, -0.05) is 6.07 Å². The van der Waals surface area contributed by atoms with Crippen LogP contribution in [0.25, 0.3) is 0 Å². The van der Waals surface area contributed by atoms with Crippen LogP contribution >= 0.6 is 0 Å². The number of likely N-dealkylation sites (tertiary alicyclic amines) is 1. The Balaban J connectivity index is 2.13. The van der Waals surface area contributed by atoms with E-state index < -0.39 is 0 Å². The molecule has 1 aromatic carbocycles. The number of hydrogen-bond donors (Lipinski definition) is 0. The minimum Gasteiger partial charge on any atom is -0.496 e. The molecule has 2 aliphatic rings. The summed E-state index contributed by atoms with van der Waals surface area (Å²) < 4.78 is 11.1. The van der Waals surface area contributed by atoms with Gasteiger partial charge in [-0.05, 0) is 12.1 Å². The number of carbonyl (C=O) groups excluding carboxylic acids is 1. The molecule has 0 radical (unpaired) electrons. The first-order valence-electron chi connectivity index (χ1n) is 5.77. The molecule has 2 unspecified atom stereocenters. The zero-order chi connectivity index (χ0) is 12.0. The van der Waals surface area contributed by atoms with Crippen molar-refractivity contribution < 1.29 is 14.3 Å². The van der Waals surface area contributed by atoms with E-state index in [-0.39, 0.29) is 17.7 Å². The van der Waals surface area contributed by atoms with Crippen LogP contribution in [0.1, 0.15) is 11.5 Å². The van der Waals surface area contributed by atoms with Crippen LogP contribution in [0.15, 0.2) is 18.2 Å². The Bertz CT molecular complexity index is 457. The molecule has 1 saturated heterocycles. The van der Waals surface area contributed by atoms with Crippen LogP contribution in [-0.4, -0.2) is 38.1 Å². The Hall–Kier alpha value is -1.71. The van der Waals surface area contributed by atoms with Crippen molar-refractivity contribution in [3.63, 3.8) is 0 Å². The summed E-state index contributed by atoms with van der Waals surface area (Å²) in [5, 5.41) is 0. The van der Waals surface area contributed by atoms with Crippen LogP contribution < -0.4 is 9.47 Å². The first-order valence-corrected chi connectivity index (χ1v) is 5.77. The fourth-order valence-corrected chi connectivity index (χ4v) is 2.83. The fourth-order valence-electron chi connectivity index (χ4n) is 2.83. The number of hydrogen-bond acceptors (Lipinski definition) is 3. The van der Waals surface area contributed by atoms with Gasteiger partial charge in [-0.2, -0.15) is 0 Å². The SMILES string of the molecule is COc1cccc2c1C1C(=O)N(C)CC1CO2. The first kappa shape index (κ1) is 10.4. The van der Waals surface area contributed by atoms with Crippen molar-refractivity contribution in [1.29, 1.82) is 0 Å². The van der Waals surface area contributed by atoms with Gasteiger partial charge < -0.3 is 14.4 Å². The number of nitrogens with zero attached hydrogens (tertiary/aromatic N) is 1. The van der Waals surface area contributed by atoms with Gasteiger partial charge >= 0.3 is 0 Å². The van der Waals surface area contributed by atoms with Gasteiger partial charge in [0, 0.05) is 25.1 Å². The molecule has 3 rings (SSSR count). The quantitative estimate of drug-likeness (QED) is 0.733. The van der Waals surface area contributed by atoms with Crippen molar-refractivity contribution in [2.45, 2.75) is 5.92 Å². The third-order valence-electron chi connectivity index (χ3n) is 3.63. The summed E-state index contributed by atoms with van der Waals surface area (Å²) in [6.07, 6.45) is 0. The summed E-state index contributed by atoms with van der Waals surface area (Å²) >= 11 is 0. The molecule has 1 aromatic rings. The van der Waals surface area contributed by atoms with Crippen LogP contribution in [0.4, 0.5) is 0 Å². The van der Waals surface area contributed by atoms with Gasteiger partial charge in [0.1, 0.15) is 11.5 Å². The molecule has 17 heavy (non-hydrogen) atoms. The Kier molecular flexibility index (Phi) is 2.24. The highest BCUT2D eigenvalue weighted by molar-refractivity contribution is 5.88. The molecule has 0 spiro atoms. The van der Waals surface area contributed by atoms with Crippen molar-refractivity contribution in [2.75, 3.05) is 27.3 Å². The predicted octanol–water partition coefficient (Wildman–Crippen LogP) is 1.26. The second-order valence-electron chi connectivity index (χ2n) is 4.64. The second-order valence-corrected chi connectivity index (χ2v) is 4.64. The van der Waals surface area contributed by atoms with E-state index in [0.29, 0.717) is 6.61 Å². The molecular formula is C13H15NO3. The molecule has 0 aromatic heterocycles. The maximum atomic E-state index is 12.2. The Morgan fingerprint density at radius 3 is 3.06 bits per heavy atom. The molecular weight excluding hydrogens is 218 g/mol. The van der Waals surface area contributed by atoms with Crippen molar-refractivity contribution in [3.8, 4) is 11.5 Å². The molecule has 0 N–H and O–H groups in total. The molecule has 90 valence electrons. The van der Waals surface area contributed by atoms with Crippen LogP contribution in [-0.2, 0) is 4.79 Å². The zero-order valence-electron chi connectivity index (χ0n) is 9.97. The van der Waals surface area contributed by atoms with E-state index in [1.165, 1.54) is 0 Å². The number of fused-ring (bicyclic) bond motifs is 3. The number of ether oxygens (including phenoxy) is 2. The summed E-state index contributed by atoms with van der Waals surface area (Å²) in [6.45, 7) is 1.38. The molecule has 0 bridgehead atoms. The average molecular weight is 233 g/mol. The first-order chi connectivity index (χ1) is 8.22. The van der Waals surface area contributed by atoms with E-state index in [2.05, 4.69) is 0 Å². The van der Waals surface area contributed by atoms with Crippen molar-refractivity contribution in [1.82, 2.24) is 4.90 Å². The lowest BCUT2D eigenvalue weighted by Crippen LogP contribution is -2.26. The summed E-state index contributed by atoms with van der Waals surface area (Å²) in [6, 6.07) is 5.68. The minimum absolute atomic E-state index is 0.0973. The third kappa shape index (κ3) is 1.40. The molecule has 2 atom stereocenters. The number of carbonyl (C=O) groups is 1. The molecule has 1 fully saturated rings. The molecule has 0 aliphatic carbocycles. The Labute approximate surface area is 100 Å². The van der Waals surface area contributed by atoms with Crippen molar-refractivity contribution in [3.05, 3.63) is 23.8 Å².